The lowest BCUT2D eigenvalue weighted by molar-refractivity contribution is 0.139. The first kappa shape index (κ1) is 18.7. The molecule has 1 aromatic rings. The van der Waals surface area contributed by atoms with Gasteiger partial charge in [-0.25, -0.2) is 4.98 Å². The number of hydrogen-bond acceptors (Lipinski definition) is 4. The minimum atomic E-state index is 0.731. The van der Waals surface area contributed by atoms with Crippen molar-refractivity contribution in [3.8, 4) is 0 Å². The van der Waals surface area contributed by atoms with E-state index >= 15 is 0 Å². The highest BCUT2D eigenvalue weighted by molar-refractivity contribution is 5.80. The number of hydrogen-bond donors (Lipinski definition) is 1. The van der Waals surface area contributed by atoms with Crippen LogP contribution in [0.25, 0.3) is 0 Å². The van der Waals surface area contributed by atoms with Crippen molar-refractivity contribution >= 4 is 5.96 Å². The zero-order chi connectivity index (χ0) is 18.5. The third-order valence-electron chi connectivity index (χ3n) is 6.05. The Bertz CT molecular complexity index is 605. The van der Waals surface area contributed by atoms with Crippen molar-refractivity contribution in [3.63, 3.8) is 0 Å². The molecule has 2 saturated heterocycles. The second kappa shape index (κ2) is 9.06. The standard InChI is InChI=1S/C20H34N6O/c1-21-20(22-7-5-18-15-26-8-3-2-4-19(26)23-18)25-11-9-24(10-12-25)14-17-6-13-27-16-17/h15,17H,2-14,16H2,1H3,(H,21,22). The lowest BCUT2D eigenvalue weighted by atomic mass is 10.1. The predicted octanol–water partition coefficient (Wildman–Crippen LogP) is 0.991. The molecule has 3 aliphatic rings. The van der Waals surface area contributed by atoms with Crippen molar-refractivity contribution in [2.24, 2.45) is 10.9 Å². The van der Waals surface area contributed by atoms with Gasteiger partial charge in [-0.05, 0) is 25.2 Å². The first-order valence-electron chi connectivity index (χ1n) is 10.6. The molecule has 27 heavy (non-hydrogen) atoms. The summed E-state index contributed by atoms with van der Waals surface area (Å²) in [6.45, 7) is 9.43. The van der Waals surface area contributed by atoms with Crippen molar-refractivity contribution in [1.29, 1.82) is 0 Å². The maximum absolute atomic E-state index is 5.51. The molecule has 1 atom stereocenters. The summed E-state index contributed by atoms with van der Waals surface area (Å²) in [6.07, 6.45) is 8.12. The van der Waals surface area contributed by atoms with Gasteiger partial charge in [0.05, 0.1) is 12.3 Å². The normalized spacial score (nSPS) is 24.3. The Balaban J connectivity index is 1.20. The molecule has 0 aliphatic carbocycles. The molecule has 150 valence electrons. The second-order valence-corrected chi connectivity index (χ2v) is 8.04. The van der Waals surface area contributed by atoms with Gasteiger partial charge < -0.3 is 19.5 Å². The Morgan fingerprint density at radius 1 is 1.26 bits per heavy atom. The third-order valence-corrected chi connectivity index (χ3v) is 6.05. The minimum absolute atomic E-state index is 0.731. The van der Waals surface area contributed by atoms with Gasteiger partial charge in [-0.1, -0.05) is 0 Å². The number of nitrogens with zero attached hydrogens (tertiary/aromatic N) is 5. The molecule has 0 bridgehead atoms. The van der Waals surface area contributed by atoms with Gasteiger partial charge in [0, 0.05) is 78.5 Å². The van der Waals surface area contributed by atoms with Crippen LogP contribution in [-0.4, -0.2) is 84.8 Å². The summed E-state index contributed by atoms with van der Waals surface area (Å²) in [5.74, 6) is 3.03. The number of aliphatic imine (C=N–C) groups is 1. The maximum atomic E-state index is 5.51. The van der Waals surface area contributed by atoms with Crippen LogP contribution in [0.15, 0.2) is 11.2 Å². The Labute approximate surface area is 162 Å². The zero-order valence-corrected chi connectivity index (χ0v) is 16.7. The SMILES string of the molecule is CN=C(NCCc1cn2c(n1)CCCC2)N1CCN(CC2CCOC2)CC1. The summed E-state index contributed by atoms with van der Waals surface area (Å²) in [5, 5.41) is 3.54. The summed E-state index contributed by atoms with van der Waals surface area (Å²) in [4.78, 5) is 14.3. The minimum Gasteiger partial charge on any atom is -0.381 e. The number of aryl methyl sites for hydroxylation is 2. The fourth-order valence-electron chi connectivity index (χ4n) is 4.46. The van der Waals surface area contributed by atoms with Gasteiger partial charge in [0.1, 0.15) is 5.82 Å². The molecule has 0 radical (unpaired) electrons. The zero-order valence-electron chi connectivity index (χ0n) is 16.7. The van der Waals surface area contributed by atoms with Crippen molar-refractivity contribution in [2.75, 3.05) is 59.5 Å². The van der Waals surface area contributed by atoms with Crippen LogP contribution >= 0.6 is 0 Å². The first-order chi connectivity index (χ1) is 13.3. The lowest BCUT2D eigenvalue weighted by Gasteiger charge is -2.37. The van der Waals surface area contributed by atoms with Crippen LogP contribution in [0.3, 0.4) is 0 Å². The quantitative estimate of drug-likeness (QED) is 0.615. The molecule has 4 heterocycles. The predicted molar refractivity (Wildman–Crippen MR) is 107 cm³/mol. The summed E-state index contributed by atoms with van der Waals surface area (Å²) in [5.41, 5.74) is 1.21. The number of imidazole rings is 1. The van der Waals surface area contributed by atoms with E-state index in [-0.39, 0.29) is 0 Å². The number of rotatable bonds is 5. The van der Waals surface area contributed by atoms with Crippen LogP contribution in [0.2, 0.25) is 0 Å². The Kier molecular flexibility index (Phi) is 6.29. The van der Waals surface area contributed by atoms with Gasteiger partial charge >= 0.3 is 0 Å². The average molecular weight is 375 g/mol. The van der Waals surface area contributed by atoms with Crippen LogP contribution in [-0.2, 0) is 24.1 Å². The van der Waals surface area contributed by atoms with Crippen LogP contribution < -0.4 is 5.32 Å². The highest BCUT2D eigenvalue weighted by Crippen LogP contribution is 2.16. The Morgan fingerprint density at radius 2 is 2.15 bits per heavy atom. The number of nitrogens with one attached hydrogen (secondary N) is 1. The summed E-state index contributed by atoms with van der Waals surface area (Å²) in [7, 11) is 1.89. The summed E-state index contributed by atoms with van der Waals surface area (Å²) >= 11 is 0. The molecule has 1 N–H and O–H groups in total. The topological polar surface area (TPSA) is 57.9 Å². The van der Waals surface area contributed by atoms with E-state index in [0.29, 0.717) is 0 Å². The molecule has 7 nitrogen and oxygen atoms in total. The van der Waals surface area contributed by atoms with E-state index in [0.717, 1.165) is 77.2 Å². The number of ether oxygens (including phenoxy) is 1. The van der Waals surface area contributed by atoms with Crippen LogP contribution in [0, 0.1) is 5.92 Å². The van der Waals surface area contributed by atoms with Gasteiger partial charge in [0.15, 0.2) is 5.96 Å². The monoisotopic (exact) mass is 374 g/mol. The molecular formula is C20H34N6O. The van der Waals surface area contributed by atoms with Crippen molar-refractivity contribution < 1.29 is 4.74 Å². The Morgan fingerprint density at radius 3 is 2.89 bits per heavy atom. The van der Waals surface area contributed by atoms with E-state index < -0.39 is 0 Å². The van der Waals surface area contributed by atoms with Gasteiger partial charge in [-0.2, -0.15) is 0 Å². The molecule has 4 rings (SSSR count). The molecule has 0 amide bonds. The van der Waals surface area contributed by atoms with Gasteiger partial charge in [0.2, 0.25) is 0 Å². The summed E-state index contributed by atoms with van der Waals surface area (Å²) < 4.78 is 7.85. The number of aromatic nitrogens is 2. The van der Waals surface area contributed by atoms with E-state index in [2.05, 4.69) is 30.9 Å². The molecule has 0 saturated carbocycles. The molecule has 2 fully saturated rings. The van der Waals surface area contributed by atoms with E-state index in [1.54, 1.807) is 0 Å². The second-order valence-electron chi connectivity index (χ2n) is 8.04. The molecule has 1 aromatic heterocycles. The van der Waals surface area contributed by atoms with Crippen molar-refractivity contribution in [2.45, 2.75) is 38.6 Å². The number of fused-ring (bicyclic) bond motifs is 1. The van der Waals surface area contributed by atoms with E-state index in [1.165, 1.54) is 37.3 Å². The third kappa shape index (κ3) is 4.82. The molecule has 3 aliphatic heterocycles. The highest BCUT2D eigenvalue weighted by Gasteiger charge is 2.24. The highest BCUT2D eigenvalue weighted by atomic mass is 16.5. The van der Waals surface area contributed by atoms with Crippen LogP contribution in [0.4, 0.5) is 0 Å². The molecule has 0 aromatic carbocycles. The summed E-state index contributed by atoms with van der Waals surface area (Å²) in [6, 6.07) is 0. The van der Waals surface area contributed by atoms with Crippen molar-refractivity contribution in [1.82, 2.24) is 24.7 Å². The molecular weight excluding hydrogens is 340 g/mol. The van der Waals surface area contributed by atoms with E-state index in [4.69, 9.17) is 9.72 Å². The van der Waals surface area contributed by atoms with Crippen LogP contribution in [0.5, 0.6) is 0 Å². The number of piperazine rings is 1. The molecule has 1 unspecified atom stereocenters. The van der Waals surface area contributed by atoms with E-state index in [9.17, 15) is 0 Å². The number of guanidine groups is 1. The van der Waals surface area contributed by atoms with Gasteiger partial charge in [0.25, 0.3) is 0 Å². The molecule has 0 spiro atoms. The fraction of sp³-hybridized carbons (Fsp3) is 0.800. The largest absolute Gasteiger partial charge is 0.381 e. The fourth-order valence-corrected chi connectivity index (χ4v) is 4.46. The van der Waals surface area contributed by atoms with E-state index in [1.807, 2.05) is 7.05 Å². The Hall–Kier alpha value is -1.60. The van der Waals surface area contributed by atoms with Gasteiger partial charge in [-0.3, -0.25) is 9.89 Å². The average Bonchev–Trinajstić information content (AvgIpc) is 3.35. The van der Waals surface area contributed by atoms with Gasteiger partial charge in [-0.15, -0.1) is 0 Å². The smallest absolute Gasteiger partial charge is 0.193 e. The molecule has 7 heteroatoms. The maximum Gasteiger partial charge on any atom is 0.193 e. The van der Waals surface area contributed by atoms with Crippen LogP contribution in [0.1, 0.15) is 30.8 Å². The lowest BCUT2D eigenvalue weighted by Crippen LogP contribution is -2.53. The first-order valence-corrected chi connectivity index (χ1v) is 10.6. The van der Waals surface area contributed by atoms with Crippen molar-refractivity contribution in [3.05, 3.63) is 17.7 Å².